The fourth-order valence-corrected chi connectivity index (χ4v) is 2.30. The lowest BCUT2D eigenvalue weighted by atomic mass is 10.2. The van der Waals surface area contributed by atoms with E-state index in [2.05, 4.69) is 0 Å². The van der Waals surface area contributed by atoms with E-state index in [1.54, 1.807) is 18.2 Å². The minimum Gasteiger partial charge on any atom is -0.477 e. The van der Waals surface area contributed by atoms with Crippen LogP contribution in [-0.4, -0.2) is 21.4 Å². The van der Waals surface area contributed by atoms with Crippen LogP contribution in [0.5, 0.6) is 0 Å². The van der Waals surface area contributed by atoms with Gasteiger partial charge in [0, 0.05) is 11.8 Å². The van der Waals surface area contributed by atoms with Gasteiger partial charge in [0.05, 0.1) is 15.7 Å². The second kappa shape index (κ2) is 5.07. The van der Waals surface area contributed by atoms with Crippen molar-refractivity contribution < 1.29 is 14.7 Å². The quantitative estimate of drug-likeness (QED) is 0.879. The minimum absolute atomic E-state index is 0.0693. The Balaban J connectivity index is 2.74. The molecule has 1 aromatic heterocycles. The van der Waals surface area contributed by atoms with E-state index in [9.17, 15) is 14.7 Å². The molecule has 0 unspecified atom stereocenters. The van der Waals surface area contributed by atoms with E-state index >= 15 is 0 Å². The Kier molecular flexibility index (Phi) is 3.64. The smallest absolute Gasteiger partial charge is 0.352 e. The largest absolute Gasteiger partial charge is 0.477 e. The van der Waals surface area contributed by atoms with Gasteiger partial charge < -0.3 is 9.67 Å². The Labute approximate surface area is 119 Å². The van der Waals surface area contributed by atoms with E-state index in [-0.39, 0.29) is 17.0 Å². The van der Waals surface area contributed by atoms with E-state index < -0.39 is 5.97 Å². The van der Waals surface area contributed by atoms with E-state index in [1.807, 2.05) is 0 Å². The number of para-hydroxylation sites is 1. The van der Waals surface area contributed by atoms with Crippen LogP contribution < -0.4 is 0 Å². The molecule has 19 heavy (non-hydrogen) atoms. The molecule has 0 aliphatic heterocycles. The van der Waals surface area contributed by atoms with E-state index in [0.717, 1.165) is 0 Å². The number of Topliss-reactive ketones (excluding diaryl/α,β-unsaturated/α-hetero) is 1. The molecule has 0 atom stereocenters. The van der Waals surface area contributed by atoms with Gasteiger partial charge >= 0.3 is 5.97 Å². The predicted octanol–water partition coefficient (Wildman–Crippen LogP) is 3.68. The van der Waals surface area contributed by atoms with Crippen LogP contribution in [0.3, 0.4) is 0 Å². The molecule has 98 valence electrons. The zero-order chi connectivity index (χ0) is 14.2. The second-order valence-corrected chi connectivity index (χ2v) is 4.73. The molecule has 0 saturated heterocycles. The van der Waals surface area contributed by atoms with Gasteiger partial charge in [-0.15, -0.1) is 0 Å². The summed E-state index contributed by atoms with van der Waals surface area (Å²) in [7, 11) is 0. The molecule has 2 aromatic rings. The Hall–Kier alpha value is -1.78. The number of rotatable bonds is 3. The third-order valence-corrected chi connectivity index (χ3v) is 3.23. The molecule has 0 bridgehead atoms. The number of hydrogen-bond acceptors (Lipinski definition) is 2. The molecule has 0 saturated carbocycles. The Morgan fingerprint density at radius 3 is 2.26 bits per heavy atom. The van der Waals surface area contributed by atoms with Gasteiger partial charge in [-0.25, -0.2) is 4.79 Å². The van der Waals surface area contributed by atoms with E-state index in [4.69, 9.17) is 23.2 Å². The molecule has 0 amide bonds. The van der Waals surface area contributed by atoms with Crippen molar-refractivity contribution in [1.82, 2.24) is 4.57 Å². The zero-order valence-electron chi connectivity index (χ0n) is 9.85. The molecule has 0 radical (unpaired) electrons. The number of aromatic carboxylic acids is 1. The van der Waals surface area contributed by atoms with Crippen LogP contribution in [0.25, 0.3) is 5.69 Å². The summed E-state index contributed by atoms with van der Waals surface area (Å²) in [5.74, 6) is -1.40. The summed E-state index contributed by atoms with van der Waals surface area (Å²) >= 11 is 12.1. The van der Waals surface area contributed by atoms with Crippen LogP contribution in [0.2, 0.25) is 10.0 Å². The van der Waals surface area contributed by atoms with Crippen molar-refractivity contribution in [3.05, 3.63) is 51.8 Å². The first kappa shape index (κ1) is 13.6. The second-order valence-electron chi connectivity index (χ2n) is 3.92. The lowest BCUT2D eigenvalue weighted by Crippen LogP contribution is -2.06. The topological polar surface area (TPSA) is 59.3 Å². The highest BCUT2D eigenvalue weighted by Gasteiger charge is 2.19. The number of carboxylic acid groups (broad SMARTS) is 1. The van der Waals surface area contributed by atoms with Crippen LogP contribution in [0.1, 0.15) is 27.8 Å². The maximum absolute atomic E-state index is 11.4. The molecule has 2 rings (SSSR count). The highest BCUT2D eigenvalue weighted by atomic mass is 35.5. The standard InChI is InChI=1S/C13H9Cl2NO3/c1-7(17)8-5-11(13(18)19)16(6-8)12-9(14)3-2-4-10(12)15/h2-6H,1H3,(H,18,19). The van der Waals surface area contributed by atoms with Gasteiger partial charge in [0.2, 0.25) is 0 Å². The van der Waals surface area contributed by atoms with E-state index in [1.165, 1.54) is 23.8 Å². The lowest BCUT2D eigenvalue weighted by molar-refractivity contribution is 0.0688. The SMILES string of the molecule is CC(=O)c1cc(C(=O)O)n(-c2c(Cl)cccc2Cl)c1. The number of aromatic nitrogens is 1. The number of benzene rings is 1. The molecule has 4 nitrogen and oxygen atoms in total. The van der Waals surface area contributed by atoms with Crippen molar-refractivity contribution in [2.75, 3.05) is 0 Å². The van der Waals surface area contributed by atoms with Crippen molar-refractivity contribution in [3.63, 3.8) is 0 Å². The molecule has 1 heterocycles. The Morgan fingerprint density at radius 1 is 1.21 bits per heavy atom. The minimum atomic E-state index is -1.16. The number of carboxylic acids is 1. The van der Waals surface area contributed by atoms with Crippen molar-refractivity contribution in [1.29, 1.82) is 0 Å². The molecule has 0 spiro atoms. The summed E-state index contributed by atoms with van der Waals surface area (Å²) in [6.45, 7) is 1.36. The molecule has 0 aliphatic rings. The van der Waals surface area contributed by atoms with Crippen LogP contribution in [0.15, 0.2) is 30.5 Å². The van der Waals surface area contributed by atoms with Crippen molar-refractivity contribution >= 4 is 35.0 Å². The summed E-state index contributed by atoms with van der Waals surface area (Å²) in [4.78, 5) is 22.6. The summed E-state index contributed by atoms with van der Waals surface area (Å²) in [5, 5.41) is 9.80. The fraction of sp³-hybridized carbons (Fsp3) is 0.0769. The van der Waals surface area contributed by atoms with Gasteiger partial charge in [-0.1, -0.05) is 29.3 Å². The molecule has 6 heteroatoms. The molecule has 1 aromatic carbocycles. The van der Waals surface area contributed by atoms with Gasteiger partial charge in [-0.3, -0.25) is 4.79 Å². The number of halogens is 2. The van der Waals surface area contributed by atoms with Gasteiger partial charge in [-0.05, 0) is 25.1 Å². The zero-order valence-corrected chi connectivity index (χ0v) is 11.4. The molecule has 0 fully saturated rings. The van der Waals surface area contributed by atoms with Crippen molar-refractivity contribution in [2.24, 2.45) is 0 Å². The maximum Gasteiger partial charge on any atom is 0.352 e. The van der Waals surface area contributed by atoms with Gasteiger partial charge in [0.1, 0.15) is 5.69 Å². The summed E-state index contributed by atoms with van der Waals surface area (Å²) < 4.78 is 1.31. The number of ketones is 1. The normalized spacial score (nSPS) is 10.5. The summed E-state index contributed by atoms with van der Waals surface area (Å²) in [6, 6.07) is 6.15. The predicted molar refractivity (Wildman–Crippen MR) is 72.8 cm³/mol. The first-order chi connectivity index (χ1) is 8.91. The third kappa shape index (κ3) is 2.50. The molecule has 0 aliphatic carbocycles. The number of nitrogens with zero attached hydrogens (tertiary/aromatic N) is 1. The summed E-state index contributed by atoms with van der Waals surface area (Å²) in [6.07, 6.45) is 1.42. The average molecular weight is 298 g/mol. The monoisotopic (exact) mass is 297 g/mol. The lowest BCUT2D eigenvalue weighted by Gasteiger charge is -2.10. The van der Waals surface area contributed by atoms with Gasteiger partial charge in [0.25, 0.3) is 0 Å². The van der Waals surface area contributed by atoms with Crippen molar-refractivity contribution in [2.45, 2.75) is 6.92 Å². The highest BCUT2D eigenvalue weighted by Crippen LogP contribution is 2.30. The Bertz CT molecular complexity index is 656. The van der Waals surface area contributed by atoms with E-state index in [0.29, 0.717) is 15.7 Å². The number of hydrogen-bond donors (Lipinski definition) is 1. The number of carbonyl (C=O) groups is 2. The first-order valence-electron chi connectivity index (χ1n) is 5.33. The Morgan fingerprint density at radius 2 is 1.79 bits per heavy atom. The molecular formula is C13H9Cl2NO3. The van der Waals surface area contributed by atoms with Gasteiger partial charge in [0.15, 0.2) is 5.78 Å². The maximum atomic E-state index is 11.4. The van der Waals surface area contributed by atoms with Crippen LogP contribution in [-0.2, 0) is 0 Å². The van der Waals surface area contributed by atoms with Gasteiger partial charge in [-0.2, -0.15) is 0 Å². The number of carbonyl (C=O) groups excluding carboxylic acids is 1. The third-order valence-electron chi connectivity index (χ3n) is 2.62. The molecular weight excluding hydrogens is 289 g/mol. The van der Waals surface area contributed by atoms with Crippen LogP contribution in [0, 0.1) is 0 Å². The first-order valence-corrected chi connectivity index (χ1v) is 6.08. The fourth-order valence-electron chi connectivity index (χ4n) is 1.72. The van der Waals surface area contributed by atoms with Crippen LogP contribution in [0.4, 0.5) is 0 Å². The highest BCUT2D eigenvalue weighted by molar-refractivity contribution is 6.37. The average Bonchev–Trinajstić information content (AvgIpc) is 2.73. The van der Waals surface area contributed by atoms with Crippen molar-refractivity contribution in [3.8, 4) is 5.69 Å². The van der Waals surface area contributed by atoms with Crippen LogP contribution >= 0.6 is 23.2 Å². The summed E-state index contributed by atoms with van der Waals surface area (Å²) in [5.41, 5.74) is 0.560. The molecule has 1 N–H and O–H groups in total.